The molecule has 0 aromatic heterocycles. The Bertz CT molecular complexity index is 1160. The molecule has 0 amide bonds. The smallest absolute Gasteiger partial charge is 0.341 e. The van der Waals surface area contributed by atoms with Crippen molar-refractivity contribution in [1.82, 2.24) is 0 Å². The van der Waals surface area contributed by atoms with Crippen LogP contribution in [0.4, 0.5) is 0 Å². The average molecular weight is 443 g/mol. The number of ether oxygens (including phenoxy) is 2. The van der Waals surface area contributed by atoms with Crippen LogP contribution in [-0.4, -0.2) is 11.5 Å². The number of rotatable bonds is 7. The van der Waals surface area contributed by atoms with Crippen LogP contribution in [0.15, 0.2) is 72.8 Å². The number of nitriles is 1. The normalized spacial score (nSPS) is 13.0. The van der Waals surface area contributed by atoms with Crippen molar-refractivity contribution in [1.29, 1.82) is 5.26 Å². The Kier molecular flexibility index (Phi) is 7.20. The summed E-state index contributed by atoms with van der Waals surface area (Å²) in [5, 5.41) is 8.99. The van der Waals surface area contributed by atoms with Gasteiger partial charge in [0.15, 0.2) is 5.54 Å². The summed E-state index contributed by atoms with van der Waals surface area (Å²) in [5.74, 6) is 0.115. The standard InChI is InChI=1S/C28H30N2O3/c1-27(2,3)24-16-23(13-14-25(24)32-17-20-9-6-5-7-10-20)22-12-8-11-21(15-22)18-33-26(31)28(4,30)19-29/h5-16H,17-18,30H2,1-4H3. The topological polar surface area (TPSA) is 85.3 Å². The number of nitrogens with zero attached hydrogens (tertiary/aromatic N) is 1. The van der Waals surface area contributed by atoms with E-state index in [-0.39, 0.29) is 12.0 Å². The van der Waals surface area contributed by atoms with Crippen LogP contribution in [0.2, 0.25) is 0 Å². The minimum absolute atomic E-state index is 0.0472. The molecule has 0 fully saturated rings. The van der Waals surface area contributed by atoms with E-state index in [4.69, 9.17) is 20.5 Å². The fourth-order valence-corrected chi connectivity index (χ4v) is 3.34. The van der Waals surface area contributed by atoms with Crippen LogP contribution in [0, 0.1) is 11.3 Å². The second kappa shape index (κ2) is 9.89. The molecule has 33 heavy (non-hydrogen) atoms. The first-order chi connectivity index (χ1) is 15.6. The van der Waals surface area contributed by atoms with Gasteiger partial charge in [0, 0.05) is 5.56 Å². The monoisotopic (exact) mass is 442 g/mol. The molecule has 1 atom stereocenters. The summed E-state index contributed by atoms with van der Waals surface area (Å²) in [6.07, 6.45) is 0. The van der Waals surface area contributed by atoms with Crippen LogP contribution >= 0.6 is 0 Å². The highest BCUT2D eigenvalue weighted by molar-refractivity contribution is 5.83. The summed E-state index contributed by atoms with van der Waals surface area (Å²) in [6, 6.07) is 25.8. The van der Waals surface area contributed by atoms with Crippen molar-refractivity contribution >= 4 is 5.97 Å². The van der Waals surface area contributed by atoms with Crippen molar-refractivity contribution in [2.45, 2.75) is 51.9 Å². The Morgan fingerprint density at radius 2 is 1.55 bits per heavy atom. The first kappa shape index (κ1) is 24.0. The molecule has 3 aromatic rings. The van der Waals surface area contributed by atoms with Crippen molar-refractivity contribution in [3.8, 4) is 22.9 Å². The third-order valence-electron chi connectivity index (χ3n) is 5.31. The maximum atomic E-state index is 12.0. The van der Waals surface area contributed by atoms with Gasteiger partial charge in [-0.3, -0.25) is 0 Å². The lowest BCUT2D eigenvalue weighted by molar-refractivity contribution is -0.148. The predicted molar refractivity (Wildman–Crippen MR) is 129 cm³/mol. The zero-order chi connectivity index (χ0) is 24.1. The summed E-state index contributed by atoms with van der Waals surface area (Å²) in [5.41, 5.74) is 8.95. The molecule has 0 bridgehead atoms. The minimum atomic E-state index is -1.66. The molecule has 1 unspecified atom stereocenters. The number of nitrogens with two attached hydrogens (primary N) is 1. The van der Waals surface area contributed by atoms with E-state index >= 15 is 0 Å². The van der Waals surface area contributed by atoms with E-state index in [1.165, 1.54) is 6.92 Å². The summed E-state index contributed by atoms with van der Waals surface area (Å²) >= 11 is 0. The molecule has 0 radical (unpaired) electrons. The lowest BCUT2D eigenvalue weighted by Crippen LogP contribution is -2.44. The number of carbonyl (C=O) groups is 1. The molecule has 0 heterocycles. The van der Waals surface area contributed by atoms with E-state index in [1.807, 2.05) is 66.7 Å². The van der Waals surface area contributed by atoms with E-state index < -0.39 is 11.5 Å². The third kappa shape index (κ3) is 6.21. The molecular weight excluding hydrogens is 412 g/mol. The summed E-state index contributed by atoms with van der Waals surface area (Å²) in [7, 11) is 0. The van der Waals surface area contributed by atoms with Gasteiger partial charge < -0.3 is 15.2 Å². The van der Waals surface area contributed by atoms with Crippen molar-refractivity contribution in [3.05, 3.63) is 89.5 Å². The Balaban J connectivity index is 1.82. The highest BCUT2D eigenvalue weighted by atomic mass is 16.5. The quantitative estimate of drug-likeness (QED) is 0.487. The van der Waals surface area contributed by atoms with Crippen LogP contribution in [0.25, 0.3) is 11.1 Å². The maximum absolute atomic E-state index is 12.0. The zero-order valence-corrected chi connectivity index (χ0v) is 19.6. The van der Waals surface area contributed by atoms with E-state index in [1.54, 1.807) is 6.07 Å². The van der Waals surface area contributed by atoms with E-state index in [0.29, 0.717) is 6.61 Å². The zero-order valence-electron chi connectivity index (χ0n) is 19.6. The van der Waals surface area contributed by atoms with Gasteiger partial charge in [-0.2, -0.15) is 5.26 Å². The van der Waals surface area contributed by atoms with Gasteiger partial charge in [-0.05, 0) is 52.8 Å². The fraction of sp³-hybridized carbons (Fsp3) is 0.286. The van der Waals surface area contributed by atoms with Gasteiger partial charge in [0.1, 0.15) is 19.0 Å². The summed E-state index contributed by atoms with van der Waals surface area (Å²) in [6.45, 7) is 8.38. The van der Waals surface area contributed by atoms with Crippen molar-refractivity contribution in [2.75, 3.05) is 0 Å². The van der Waals surface area contributed by atoms with Crippen molar-refractivity contribution < 1.29 is 14.3 Å². The number of hydrogen-bond donors (Lipinski definition) is 1. The predicted octanol–water partition coefficient (Wildman–Crippen LogP) is 5.51. The van der Waals surface area contributed by atoms with Crippen LogP contribution < -0.4 is 10.5 Å². The largest absolute Gasteiger partial charge is 0.489 e. The van der Waals surface area contributed by atoms with E-state index in [9.17, 15) is 4.79 Å². The molecule has 0 saturated carbocycles. The molecule has 0 aliphatic rings. The number of benzene rings is 3. The molecule has 2 N–H and O–H groups in total. The van der Waals surface area contributed by atoms with Gasteiger partial charge in [0.05, 0.1) is 6.07 Å². The van der Waals surface area contributed by atoms with Crippen LogP contribution in [-0.2, 0) is 28.2 Å². The van der Waals surface area contributed by atoms with Gasteiger partial charge in [-0.1, -0.05) is 75.4 Å². The second-order valence-corrected chi connectivity index (χ2v) is 9.33. The van der Waals surface area contributed by atoms with Crippen LogP contribution in [0.1, 0.15) is 44.4 Å². The molecular formula is C28H30N2O3. The molecule has 5 heteroatoms. The summed E-state index contributed by atoms with van der Waals surface area (Å²) in [4.78, 5) is 12.0. The van der Waals surface area contributed by atoms with E-state index in [0.717, 1.165) is 33.6 Å². The Morgan fingerprint density at radius 3 is 2.21 bits per heavy atom. The van der Waals surface area contributed by atoms with Crippen LogP contribution in [0.5, 0.6) is 5.75 Å². The molecule has 0 spiro atoms. The molecule has 3 aromatic carbocycles. The first-order valence-electron chi connectivity index (χ1n) is 10.9. The van der Waals surface area contributed by atoms with Gasteiger partial charge in [-0.25, -0.2) is 4.79 Å². The van der Waals surface area contributed by atoms with Gasteiger partial charge >= 0.3 is 5.97 Å². The van der Waals surface area contributed by atoms with E-state index in [2.05, 4.69) is 26.8 Å². The molecule has 3 rings (SSSR count). The number of carbonyl (C=O) groups excluding carboxylic acids is 1. The first-order valence-corrected chi connectivity index (χ1v) is 10.9. The lowest BCUT2D eigenvalue weighted by atomic mass is 9.84. The molecule has 0 aliphatic carbocycles. The van der Waals surface area contributed by atoms with Crippen LogP contribution in [0.3, 0.4) is 0 Å². The Morgan fingerprint density at radius 1 is 0.879 bits per heavy atom. The molecule has 170 valence electrons. The summed E-state index contributed by atoms with van der Waals surface area (Å²) < 4.78 is 11.4. The highest BCUT2D eigenvalue weighted by Crippen LogP contribution is 2.35. The van der Waals surface area contributed by atoms with Gasteiger partial charge in [0.2, 0.25) is 0 Å². The third-order valence-corrected chi connectivity index (χ3v) is 5.31. The van der Waals surface area contributed by atoms with Crippen molar-refractivity contribution in [3.63, 3.8) is 0 Å². The van der Waals surface area contributed by atoms with Gasteiger partial charge in [-0.15, -0.1) is 0 Å². The minimum Gasteiger partial charge on any atom is -0.489 e. The molecule has 0 saturated heterocycles. The maximum Gasteiger partial charge on any atom is 0.341 e. The Labute approximate surface area is 195 Å². The second-order valence-electron chi connectivity index (χ2n) is 9.33. The molecule has 0 aliphatic heterocycles. The Hall–Kier alpha value is -3.62. The number of esters is 1. The average Bonchev–Trinajstić information content (AvgIpc) is 2.81. The number of hydrogen-bond acceptors (Lipinski definition) is 5. The lowest BCUT2D eigenvalue weighted by Gasteiger charge is -2.24. The highest BCUT2D eigenvalue weighted by Gasteiger charge is 2.30. The molecule has 5 nitrogen and oxygen atoms in total. The fourth-order valence-electron chi connectivity index (χ4n) is 3.34. The van der Waals surface area contributed by atoms with Crippen molar-refractivity contribution in [2.24, 2.45) is 5.73 Å². The van der Waals surface area contributed by atoms with Gasteiger partial charge in [0.25, 0.3) is 0 Å². The SMILES string of the molecule is CC(N)(C#N)C(=O)OCc1cccc(-c2ccc(OCc3ccccc3)c(C(C)(C)C)c2)c1.